The smallest absolute Gasteiger partial charge is 0.317 e. The summed E-state index contributed by atoms with van der Waals surface area (Å²) in [5, 5.41) is 2.37. The topological polar surface area (TPSA) is 87.7 Å². The fourth-order valence-electron chi connectivity index (χ4n) is 2.97. The zero-order chi connectivity index (χ0) is 16.0. The monoisotopic (exact) mass is 333 g/mol. The van der Waals surface area contributed by atoms with Gasteiger partial charge in [-0.1, -0.05) is 6.92 Å². The van der Waals surface area contributed by atoms with Gasteiger partial charge in [-0.15, -0.1) is 0 Å². The predicted molar refractivity (Wildman–Crippen MR) is 84.2 cm³/mol. The van der Waals surface area contributed by atoms with E-state index in [1.54, 1.807) is 11.8 Å². The van der Waals surface area contributed by atoms with Crippen LogP contribution in [0.1, 0.15) is 39.0 Å². The van der Waals surface area contributed by atoms with Crippen LogP contribution in [-0.2, 0) is 14.8 Å². The highest BCUT2D eigenvalue weighted by atomic mass is 32.2. The summed E-state index contributed by atoms with van der Waals surface area (Å²) in [5.74, 6) is 0. The molecule has 2 N–H and O–H groups in total. The molecule has 0 aromatic carbocycles. The number of urea groups is 1. The maximum absolute atomic E-state index is 12.1. The number of nitrogens with one attached hydrogen (secondary N) is 2. The Morgan fingerprint density at radius 3 is 2.82 bits per heavy atom. The number of carbonyl (C=O) groups is 1. The molecule has 2 amide bonds. The average Bonchev–Trinajstić information content (AvgIpc) is 2.99. The lowest BCUT2D eigenvalue weighted by molar-refractivity contribution is 0.0118. The number of rotatable bonds is 6. The molecule has 2 aliphatic heterocycles. The summed E-state index contributed by atoms with van der Waals surface area (Å²) in [6.45, 7) is 4.28. The van der Waals surface area contributed by atoms with E-state index in [0.29, 0.717) is 26.1 Å². The zero-order valence-corrected chi connectivity index (χ0v) is 14.0. The second-order valence-electron chi connectivity index (χ2n) is 5.91. The maximum atomic E-state index is 12.1. The van der Waals surface area contributed by atoms with Crippen molar-refractivity contribution in [2.75, 3.05) is 32.8 Å². The predicted octanol–water partition coefficient (Wildman–Crippen LogP) is 0.669. The molecule has 2 aliphatic rings. The molecule has 128 valence electrons. The van der Waals surface area contributed by atoms with Gasteiger partial charge in [-0.2, -0.15) is 0 Å². The Balaban J connectivity index is 1.70. The molecule has 0 bridgehead atoms. The highest BCUT2D eigenvalue weighted by Crippen LogP contribution is 2.17. The first-order chi connectivity index (χ1) is 10.5. The number of likely N-dealkylation sites (tertiary alicyclic amines) is 1. The molecule has 0 aromatic heterocycles. The summed E-state index contributed by atoms with van der Waals surface area (Å²) in [6, 6.07) is -0.176. The highest BCUT2D eigenvalue weighted by Gasteiger charge is 2.34. The van der Waals surface area contributed by atoms with Gasteiger partial charge in [0.15, 0.2) is 0 Å². The van der Waals surface area contributed by atoms with Crippen molar-refractivity contribution in [3.05, 3.63) is 0 Å². The number of ether oxygens (including phenoxy) is 1. The van der Waals surface area contributed by atoms with Gasteiger partial charge in [0.1, 0.15) is 0 Å². The van der Waals surface area contributed by atoms with Crippen LogP contribution in [0.2, 0.25) is 0 Å². The normalized spacial score (nSPS) is 26.1. The molecule has 0 spiro atoms. The highest BCUT2D eigenvalue weighted by molar-refractivity contribution is 7.90. The van der Waals surface area contributed by atoms with Gasteiger partial charge in [-0.3, -0.25) is 0 Å². The molecule has 2 fully saturated rings. The van der Waals surface area contributed by atoms with Gasteiger partial charge in [0, 0.05) is 32.8 Å². The fraction of sp³-hybridized carbons (Fsp3) is 0.929. The number of sulfonamides is 1. The summed E-state index contributed by atoms with van der Waals surface area (Å²) < 4.78 is 32.0. The molecule has 0 aromatic rings. The number of hydrogen-bond acceptors (Lipinski definition) is 4. The van der Waals surface area contributed by atoms with E-state index < -0.39 is 15.3 Å². The van der Waals surface area contributed by atoms with Gasteiger partial charge in [-0.25, -0.2) is 17.9 Å². The van der Waals surface area contributed by atoms with Crippen molar-refractivity contribution in [2.24, 2.45) is 0 Å². The molecule has 22 heavy (non-hydrogen) atoms. The van der Waals surface area contributed by atoms with Crippen LogP contribution < -0.4 is 10.0 Å². The van der Waals surface area contributed by atoms with Crippen molar-refractivity contribution in [2.45, 2.75) is 50.4 Å². The minimum absolute atomic E-state index is 0.176. The number of nitrogens with zero attached hydrogens (tertiary/aromatic N) is 1. The molecular weight excluding hydrogens is 306 g/mol. The van der Waals surface area contributed by atoms with E-state index in [2.05, 4.69) is 10.0 Å². The van der Waals surface area contributed by atoms with Crippen LogP contribution in [0.4, 0.5) is 4.79 Å². The first-order valence-electron chi connectivity index (χ1n) is 8.15. The van der Waals surface area contributed by atoms with E-state index in [9.17, 15) is 13.2 Å². The molecule has 0 saturated carbocycles. The summed E-state index contributed by atoms with van der Waals surface area (Å²) in [7, 11) is -3.31. The zero-order valence-electron chi connectivity index (χ0n) is 13.2. The van der Waals surface area contributed by atoms with Crippen molar-refractivity contribution in [1.29, 1.82) is 0 Å². The summed E-state index contributed by atoms with van der Waals surface area (Å²) >= 11 is 0. The van der Waals surface area contributed by atoms with Crippen LogP contribution in [0.15, 0.2) is 0 Å². The van der Waals surface area contributed by atoms with Crippen LogP contribution in [-0.4, -0.2) is 63.5 Å². The fourth-order valence-corrected chi connectivity index (χ4v) is 4.40. The Hall–Kier alpha value is -0.860. The lowest BCUT2D eigenvalue weighted by Crippen LogP contribution is -2.42. The van der Waals surface area contributed by atoms with Crippen molar-refractivity contribution < 1.29 is 17.9 Å². The second kappa shape index (κ2) is 8.12. The first kappa shape index (κ1) is 17.5. The molecule has 2 saturated heterocycles. The molecule has 8 heteroatoms. The van der Waals surface area contributed by atoms with E-state index in [0.717, 1.165) is 25.9 Å². The van der Waals surface area contributed by atoms with Crippen LogP contribution in [0, 0.1) is 0 Å². The molecule has 0 radical (unpaired) electrons. The largest absolute Gasteiger partial charge is 0.378 e. The quantitative estimate of drug-likeness (QED) is 0.748. The third-order valence-corrected chi connectivity index (χ3v) is 6.19. The van der Waals surface area contributed by atoms with Crippen molar-refractivity contribution >= 4 is 16.1 Å². The van der Waals surface area contributed by atoms with E-state index in [4.69, 9.17) is 4.74 Å². The van der Waals surface area contributed by atoms with Gasteiger partial charge >= 0.3 is 6.03 Å². The van der Waals surface area contributed by atoms with Crippen LogP contribution in [0.5, 0.6) is 0 Å². The Morgan fingerprint density at radius 1 is 1.32 bits per heavy atom. The molecule has 0 aliphatic carbocycles. The Morgan fingerprint density at radius 2 is 2.14 bits per heavy atom. The number of carbonyl (C=O) groups excluding carboxylic acids is 1. The van der Waals surface area contributed by atoms with Gasteiger partial charge in [0.25, 0.3) is 0 Å². The van der Waals surface area contributed by atoms with Crippen molar-refractivity contribution in [3.8, 4) is 0 Å². The molecular formula is C14H27N3O4S. The van der Waals surface area contributed by atoms with Crippen LogP contribution in [0.25, 0.3) is 0 Å². The molecule has 2 unspecified atom stereocenters. The minimum atomic E-state index is -3.31. The summed E-state index contributed by atoms with van der Waals surface area (Å²) in [4.78, 5) is 13.7. The van der Waals surface area contributed by atoms with Crippen LogP contribution >= 0.6 is 0 Å². The van der Waals surface area contributed by atoms with Crippen molar-refractivity contribution in [1.82, 2.24) is 14.9 Å². The van der Waals surface area contributed by atoms with E-state index >= 15 is 0 Å². The third-order valence-electron chi connectivity index (χ3n) is 4.23. The maximum Gasteiger partial charge on any atom is 0.317 e. The molecule has 2 atom stereocenters. The van der Waals surface area contributed by atoms with Crippen LogP contribution in [0.3, 0.4) is 0 Å². The summed E-state index contributed by atoms with van der Waals surface area (Å²) in [5.41, 5.74) is 0. The molecule has 7 nitrogen and oxygen atoms in total. The Bertz CT molecular complexity index is 463. The van der Waals surface area contributed by atoms with E-state index in [1.807, 2.05) is 0 Å². The number of amides is 2. The minimum Gasteiger partial charge on any atom is -0.378 e. The standard InChI is InChI=1S/C14H27N3O4S/c1-2-16-22(19,20)13-7-9-17(11-13)14(18)15-8-6-12-5-3-4-10-21-12/h12-13,16H,2-11H2,1H3,(H,15,18). The van der Waals surface area contributed by atoms with Gasteiger partial charge in [-0.05, 0) is 32.1 Å². The Kier molecular flexibility index (Phi) is 6.46. The first-order valence-corrected chi connectivity index (χ1v) is 9.70. The Labute approximate surface area is 132 Å². The average molecular weight is 333 g/mol. The van der Waals surface area contributed by atoms with Gasteiger partial charge in [0.2, 0.25) is 10.0 Å². The van der Waals surface area contributed by atoms with Gasteiger partial charge in [0.05, 0.1) is 11.4 Å². The van der Waals surface area contributed by atoms with E-state index in [-0.39, 0.29) is 18.7 Å². The molecule has 2 heterocycles. The SMILES string of the molecule is CCNS(=O)(=O)C1CCN(C(=O)NCCC2CCCCO2)C1. The third kappa shape index (κ3) is 4.82. The van der Waals surface area contributed by atoms with Gasteiger partial charge < -0.3 is 15.0 Å². The van der Waals surface area contributed by atoms with Crippen molar-refractivity contribution in [3.63, 3.8) is 0 Å². The lowest BCUT2D eigenvalue weighted by atomic mass is 10.1. The molecule has 2 rings (SSSR count). The summed E-state index contributed by atoms with van der Waals surface area (Å²) in [6.07, 6.45) is 4.93. The van der Waals surface area contributed by atoms with E-state index in [1.165, 1.54) is 6.42 Å². The number of hydrogen-bond donors (Lipinski definition) is 2. The second-order valence-corrected chi connectivity index (χ2v) is 7.95. The lowest BCUT2D eigenvalue weighted by Gasteiger charge is -2.23.